The molecule has 1 unspecified atom stereocenters. The summed E-state index contributed by atoms with van der Waals surface area (Å²) in [5.74, 6) is 0. The Balaban J connectivity index is 2.75. The highest BCUT2D eigenvalue weighted by molar-refractivity contribution is 8.42. The zero-order chi connectivity index (χ0) is 4.99. The maximum atomic E-state index is 4.53. The number of rotatable bonds is 2. The van der Waals surface area contributed by atoms with Crippen molar-refractivity contribution in [3.63, 3.8) is 0 Å². The summed E-state index contributed by atoms with van der Waals surface area (Å²) in [4.78, 5) is 0. The SMILES string of the molecule is COP(S)OS. The summed E-state index contributed by atoms with van der Waals surface area (Å²) in [5, 5.41) is 0. The van der Waals surface area contributed by atoms with Crippen LogP contribution in [-0.2, 0) is 8.49 Å². The van der Waals surface area contributed by atoms with Gasteiger partial charge in [0.25, 0.3) is 0 Å². The molecule has 1 atom stereocenters. The second kappa shape index (κ2) is 4.22. The first-order chi connectivity index (χ1) is 2.81. The van der Waals surface area contributed by atoms with Crippen LogP contribution in [0.1, 0.15) is 0 Å². The Kier molecular flexibility index (Phi) is 4.95. The Morgan fingerprint density at radius 2 is 2.17 bits per heavy atom. The Hall–Kier alpha value is 1.05. The summed E-state index contributed by atoms with van der Waals surface area (Å²) in [6.45, 7) is 0. The highest BCUT2D eigenvalue weighted by atomic mass is 32.7. The van der Waals surface area contributed by atoms with E-state index in [0.29, 0.717) is 0 Å². The highest BCUT2D eigenvalue weighted by Crippen LogP contribution is 2.42. The van der Waals surface area contributed by atoms with E-state index in [2.05, 4.69) is 33.7 Å². The average Bonchev–Trinajstić information content (AvgIpc) is 1.65. The summed E-state index contributed by atoms with van der Waals surface area (Å²) >= 11 is 7.20. The lowest BCUT2D eigenvalue weighted by Crippen LogP contribution is -1.63. The second-order valence-corrected chi connectivity index (χ2v) is 2.98. The Morgan fingerprint density at radius 1 is 1.67 bits per heavy atom. The monoisotopic (exact) mass is 144 g/mol. The number of hydrogen-bond acceptors (Lipinski definition) is 4. The molecule has 0 fully saturated rings. The summed E-state index contributed by atoms with van der Waals surface area (Å²) in [7, 11) is 0.491. The minimum absolute atomic E-state index is 1.02. The van der Waals surface area contributed by atoms with Gasteiger partial charge in [-0.25, -0.2) is 0 Å². The molecule has 0 aliphatic heterocycles. The Bertz CT molecular complexity index is 30.7. The summed E-state index contributed by atoms with van der Waals surface area (Å²) in [6, 6.07) is 0. The zero-order valence-corrected chi connectivity index (χ0v) is 5.84. The molecule has 0 aromatic carbocycles. The second-order valence-electron chi connectivity index (χ2n) is 0.502. The van der Waals surface area contributed by atoms with Gasteiger partial charge in [-0.3, -0.25) is 3.97 Å². The van der Waals surface area contributed by atoms with Crippen LogP contribution < -0.4 is 0 Å². The van der Waals surface area contributed by atoms with Crippen LogP contribution in [0.15, 0.2) is 0 Å². The topological polar surface area (TPSA) is 18.5 Å². The quantitative estimate of drug-likeness (QED) is 0.349. The fourth-order valence-electron chi connectivity index (χ4n) is 0.0333. The molecule has 0 radical (unpaired) electrons. The molecule has 2 nitrogen and oxygen atoms in total. The van der Waals surface area contributed by atoms with Gasteiger partial charge in [-0.15, -0.1) is 0 Å². The van der Waals surface area contributed by atoms with Gasteiger partial charge in [0.2, 0.25) is 7.58 Å². The van der Waals surface area contributed by atoms with Crippen LogP contribution in [0.3, 0.4) is 0 Å². The van der Waals surface area contributed by atoms with E-state index in [1.807, 2.05) is 0 Å². The molecule has 38 valence electrons. The maximum Gasteiger partial charge on any atom is 0.246 e. The first-order valence-electron chi connectivity index (χ1n) is 1.16. The van der Waals surface area contributed by atoms with Gasteiger partial charge in [-0.2, -0.15) is 0 Å². The molecule has 0 N–H and O–H groups in total. The van der Waals surface area contributed by atoms with E-state index < -0.39 is 7.58 Å². The molecule has 6 heavy (non-hydrogen) atoms. The fraction of sp³-hybridized carbons (Fsp3) is 1.00. The van der Waals surface area contributed by atoms with Gasteiger partial charge >= 0.3 is 0 Å². The summed E-state index contributed by atoms with van der Waals surface area (Å²) < 4.78 is 8.83. The minimum atomic E-state index is -1.02. The lowest BCUT2D eigenvalue weighted by atomic mass is 11.8. The predicted octanol–water partition coefficient (Wildman–Crippen LogP) is 1.65. The smallest absolute Gasteiger partial charge is 0.246 e. The first kappa shape index (κ1) is 7.05. The van der Waals surface area contributed by atoms with E-state index in [0.717, 1.165) is 0 Å². The van der Waals surface area contributed by atoms with Crippen molar-refractivity contribution in [1.82, 2.24) is 0 Å². The normalized spacial score (nSPS) is 14.5. The van der Waals surface area contributed by atoms with Crippen molar-refractivity contribution in [2.75, 3.05) is 7.11 Å². The van der Waals surface area contributed by atoms with Crippen LogP contribution in [0.25, 0.3) is 0 Å². The van der Waals surface area contributed by atoms with Gasteiger partial charge < -0.3 is 4.52 Å². The Morgan fingerprint density at radius 3 is 2.17 bits per heavy atom. The van der Waals surface area contributed by atoms with E-state index in [-0.39, 0.29) is 0 Å². The lowest BCUT2D eigenvalue weighted by Gasteiger charge is -1.98. The third-order valence-corrected chi connectivity index (χ3v) is 2.24. The van der Waals surface area contributed by atoms with Crippen LogP contribution in [0.2, 0.25) is 0 Å². The molecule has 0 aliphatic rings. The molecule has 0 aromatic rings. The van der Waals surface area contributed by atoms with Crippen LogP contribution in [0.4, 0.5) is 0 Å². The van der Waals surface area contributed by atoms with Crippen molar-refractivity contribution in [3.8, 4) is 0 Å². The summed E-state index contributed by atoms with van der Waals surface area (Å²) in [6.07, 6.45) is 0. The van der Waals surface area contributed by atoms with Crippen molar-refractivity contribution in [1.29, 1.82) is 0 Å². The Labute approximate surface area is 48.9 Å². The van der Waals surface area contributed by atoms with E-state index in [1.165, 1.54) is 7.11 Å². The lowest BCUT2D eigenvalue weighted by molar-refractivity contribution is 0.429. The van der Waals surface area contributed by atoms with Crippen molar-refractivity contribution in [2.24, 2.45) is 0 Å². The molecule has 0 saturated heterocycles. The minimum Gasteiger partial charge on any atom is -0.329 e. The molecule has 0 aromatic heterocycles. The van der Waals surface area contributed by atoms with Crippen LogP contribution >= 0.6 is 32.7 Å². The standard InChI is InChI=1S/CH5O2PS2/c1-2-4(6)3-5/h5-6H,1H3. The molecular weight excluding hydrogens is 139 g/mol. The van der Waals surface area contributed by atoms with Gasteiger partial charge in [0.05, 0.1) is 0 Å². The van der Waals surface area contributed by atoms with E-state index in [9.17, 15) is 0 Å². The molecule has 0 heterocycles. The molecule has 0 amide bonds. The summed E-state index contributed by atoms with van der Waals surface area (Å²) in [5.41, 5.74) is 0. The fourth-order valence-corrected chi connectivity index (χ4v) is 0.300. The predicted molar refractivity (Wildman–Crippen MR) is 33.0 cm³/mol. The van der Waals surface area contributed by atoms with Gasteiger partial charge in [0.15, 0.2) is 0 Å². The van der Waals surface area contributed by atoms with Gasteiger partial charge in [-0.05, 0) is 12.9 Å². The van der Waals surface area contributed by atoms with Crippen LogP contribution in [0, 0.1) is 0 Å². The molecule has 5 heteroatoms. The van der Waals surface area contributed by atoms with Gasteiger partial charge in [0, 0.05) is 7.11 Å². The van der Waals surface area contributed by atoms with Crippen molar-refractivity contribution < 1.29 is 8.49 Å². The third-order valence-electron chi connectivity index (χ3n) is 0.226. The van der Waals surface area contributed by atoms with Crippen molar-refractivity contribution in [3.05, 3.63) is 0 Å². The highest BCUT2D eigenvalue weighted by Gasteiger charge is 1.93. The van der Waals surface area contributed by atoms with E-state index in [4.69, 9.17) is 0 Å². The molecule has 0 saturated carbocycles. The average molecular weight is 144 g/mol. The third kappa shape index (κ3) is 3.25. The van der Waals surface area contributed by atoms with Crippen molar-refractivity contribution >= 4 is 32.7 Å². The van der Waals surface area contributed by atoms with Crippen molar-refractivity contribution in [2.45, 2.75) is 0 Å². The van der Waals surface area contributed by atoms with Crippen LogP contribution in [0.5, 0.6) is 0 Å². The molecule has 0 aliphatic carbocycles. The first-order valence-corrected chi connectivity index (χ1v) is 3.85. The van der Waals surface area contributed by atoms with Crippen LogP contribution in [-0.4, -0.2) is 7.11 Å². The molecular formula is CH5O2PS2. The van der Waals surface area contributed by atoms with E-state index in [1.54, 1.807) is 0 Å². The molecule has 0 spiro atoms. The van der Waals surface area contributed by atoms with Gasteiger partial charge in [0.1, 0.15) is 0 Å². The maximum absolute atomic E-state index is 4.53. The molecule has 0 bridgehead atoms. The number of hydrogen-bond donors (Lipinski definition) is 2. The number of thiol groups is 2. The largest absolute Gasteiger partial charge is 0.329 e. The van der Waals surface area contributed by atoms with E-state index >= 15 is 0 Å². The molecule has 0 rings (SSSR count). The zero-order valence-electron chi connectivity index (χ0n) is 3.16. The van der Waals surface area contributed by atoms with Gasteiger partial charge in [-0.1, -0.05) is 12.2 Å².